The molecule has 5 aliphatic rings. The first-order valence-corrected chi connectivity index (χ1v) is 14.1. The predicted molar refractivity (Wildman–Crippen MR) is 144 cm³/mol. The van der Waals surface area contributed by atoms with E-state index >= 15 is 0 Å². The molecule has 3 fully saturated rings. The zero-order valence-corrected chi connectivity index (χ0v) is 22.1. The monoisotopic (exact) mass is 484 g/mol. The van der Waals surface area contributed by atoms with Crippen LogP contribution in [0.15, 0.2) is 60.0 Å². The van der Waals surface area contributed by atoms with Crippen molar-refractivity contribution in [3.05, 3.63) is 65.5 Å². The highest BCUT2D eigenvalue weighted by Crippen LogP contribution is 2.69. The Kier molecular flexibility index (Phi) is 5.30. The van der Waals surface area contributed by atoms with Crippen LogP contribution in [0.1, 0.15) is 69.8 Å². The number of hydrogen-bond acceptors (Lipinski definition) is 4. The fraction of sp³-hybridized carbons (Fsp3) is 0.594. The molecule has 2 aliphatic heterocycles. The number of fused-ring (bicyclic) bond motifs is 2. The van der Waals surface area contributed by atoms with Crippen LogP contribution in [-0.2, 0) is 9.47 Å². The molecule has 36 heavy (non-hydrogen) atoms. The summed E-state index contributed by atoms with van der Waals surface area (Å²) >= 11 is 0. The van der Waals surface area contributed by atoms with Crippen LogP contribution in [0.5, 0.6) is 0 Å². The number of pyridine rings is 1. The van der Waals surface area contributed by atoms with Crippen molar-refractivity contribution in [1.82, 2.24) is 9.88 Å². The SMILES string of the molecule is COCCN(C)[C@H]1CCC2=CC3=CC[C@@]4(C)C(CC[C@@H]4c4ccc5ccncc5c4)[C@@]34CC[C@]2(C1)O4. The Morgan fingerprint density at radius 3 is 2.94 bits per heavy atom. The van der Waals surface area contributed by atoms with Crippen molar-refractivity contribution < 1.29 is 9.47 Å². The van der Waals surface area contributed by atoms with E-state index < -0.39 is 0 Å². The molecule has 190 valence electrons. The Labute approximate surface area is 215 Å². The standard InChI is InChI=1S/C32H40N2O2/c1-30-12-10-26-19-25-6-7-27(34(2)16-17-35-3)20-31(25)13-14-32(26,36-31)29(30)9-8-28(30)23-5-4-22-11-15-33-21-24(22)18-23/h4-5,10-11,15,18-19,21,27-29H,6-9,12-14,16-17,20H2,1-3H3/t27-,28+,29?,30+,31+,32+/m0/s1. The van der Waals surface area contributed by atoms with Crippen molar-refractivity contribution in [3.63, 3.8) is 0 Å². The third kappa shape index (κ3) is 3.20. The Morgan fingerprint density at radius 2 is 2.06 bits per heavy atom. The number of likely N-dealkylation sites (N-methyl/N-ethyl adjacent to an activating group) is 1. The molecule has 1 aromatic carbocycles. The Hall–Kier alpha value is -2.01. The van der Waals surface area contributed by atoms with Gasteiger partial charge in [0.25, 0.3) is 0 Å². The van der Waals surface area contributed by atoms with E-state index in [0.29, 0.717) is 17.9 Å². The summed E-state index contributed by atoms with van der Waals surface area (Å²) < 4.78 is 12.9. The summed E-state index contributed by atoms with van der Waals surface area (Å²) in [6.45, 7) is 4.36. The van der Waals surface area contributed by atoms with E-state index in [1.165, 1.54) is 60.4 Å². The molecule has 3 heterocycles. The third-order valence-corrected chi connectivity index (χ3v) is 11.0. The second kappa shape index (κ2) is 8.24. The van der Waals surface area contributed by atoms with Gasteiger partial charge in [0.15, 0.2) is 0 Å². The van der Waals surface area contributed by atoms with E-state index in [9.17, 15) is 0 Å². The van der Waals surface area contributed by atoms with Crippen LogP contribution in [0.4, 0.5) is 0 Å². The largest absolute Gasteiger partial charge is 0.383 e. The quantitative estimate of drug-likeness (QED) is 0.490. The second-order valence-corrected chi connectivity index (χ2v) is 12.6. The van der Waals surface area contributed by atoms with Crippen LogP contribution < -0.4 is 0 Å². The highest BCUT2D eigenvalue weighted by atomic mass is 16.5. The van der Waals surface area contributed by atoms with Gasteiger partial charge in [0.1, 0.15) is 0 Å². The summed E-state index contributed by atoms with van der Waals surface area (Å²) in [7, 11) is 4.07. The fourth-order valence-corrected chi connectivity index (χ4v) is 9.04. The fourth-order valence-electron chi connectivity index (χ4n) is 9.04. The molecule has 2 aromatic rings. The summed E-state index contributed by atoms with van der Waals surface area (Å²) in [6.07, 6.45) is 18.7. The van der Waals surface area contributed by atoms with Gasteiger partial charge in [0.2, 0.25) is 0 Å². The molecule has 1 aromatic heterocycles. The zero-order chi connectivity index (χ0) is 24.5. The van der Waals surface area contributed by atoms with Gasteiger partial charge in [0, 0.05) is 37.5 Å². The average molecular weight is 485 g/mol. The van der Waals surface area contributed by atoms with Crippen LogP contribution in [0, 0.1) is 11.3 Å². The van der Waals surface area contributed by atoms with Gasteiger partial charge in [-0.1, -0.05) is 31.2 Å². The number of methoxy groups -OCH3 is 1. The van der Waals surface area contributed by atoms with Crippen LogP contribution in [0.25, 0.3) is 10.8 Å². The lowest BCUT2D eigenvalue weighted by molar-refractivity contribution is -0.140. The zero-order valence-electron chi connectivity index (χ0n) is 22.1. The lowest BCUT2D eigenvalue weighted by Crippen LogP contribution is -2.55. The number of nitrogens with zero attached hydrogens (tertiary/aromatic N) is 2. The summed E-state index contributed by atoms with van der Waals surface area (Å²) in [4.78, 5) is 6.90. The molecule has 7 rings (SSSR count). The van der Waals surface area contributed by atoms with E-state index in [0.717, 1.165) is 26.0 Å². The van der Waals surface area contributed by atoms with E-state index in [-0.39, 0.29) is 16.6 Å². The Bertz CT molecular complexity index is 1250. The van der Waals surface area contributed by atoms with Gasteiger partial charge < -0.3 is 14.4 Å². The Morgan fingerprint density at radius 1 is 1.14 bits per heavy atom. The second-order valence-electron chi connectivity index (χ2n) is 12.6. The number of hydrogen-bond donors (Lipinski definition) is 0. The maximum atomic E-state index is 7.49. The molecular formula is C32H40N2O2. The predicted octanol–water partition coefficient (Wildman–Crippen LogP) is 6.42. The Balaban J connectivity index is 1.21. The molecule has 1 saturated heterocycles. The van der Waals surface area contributed by atoms with Crippen LogP contribution >= 0.6 is 0 Å². The molecule has 4 heteroatoms. The lowest BCUT2D eigenvalue weighted by Gasteiger charge is -2.55. The van der Waals surface area contributed by atoms with Crippen molar-refractivity contribution in [3.8, 4) is 0 Å². The van der Waals surface area contributed by atoms with E-state index in [1.807, 2.05) is 12.4 Å². The number of allylic oxidation sites excluding steroid dienone is 1. The topological polar surface area (TPSA) is 34.6 Å². The highest BCUT2D eigenvalue weighted by Gasteiger charge is 2.66. The molecule has 4 nitrogen and oxygen atoms in total. The molecule has 0 amide bonds. The van der Waals surface area contributed by atoms with Crippen LogP contribution in [0.2, 0.25) is 0 Å². The summed E-state index contributed by atoms with van der Waals surface area (Å²) in [5.41, 5.74) is 4.69. The number of rotatable bonds is 5. The van der Waals surface area contributed by atoms with E-state index in [1.54, 1.807) is 12.7 Å². The molecule has 6 atom stereocenters. The number of aromatic nitrogens is 1. The van der Waals surface area contributed by atoms with Crippen molar-refractivity contribution in [2.24, 2.45) is 11.3 Å². The highest BCUT2D eigenvalue weighted by molar-refractivity contribution is 5.82. The molecule has 0 radical (unpaired) electrons. The summed E-state index contributed by atoms with van der Waals surface area (Å²) in [6, 6.07) is 9.79. The molecule has 0 N–H and O–H groups in total. The van der Waals surface area contributed by atoms with Gasteiger partial charge in [-0.15, -0.1) is 0 Å². The normalized spacial score (nSPS) is 38.9. The van der Waals surface area contributed by atoms with Crippen molar-refractivity contribution in [2.45, 2.75) is 81.5 Å². The van der Waals surface area contributed by atoms with E-state index in [2.05, 4.69) is 60.3 Å². The first kappa shape index (κ1) is 23.1. The lowest BCUT2D eigenvalue weighted by atomic mass is 9.58. The van der Waals surface area contributed by atoms with Crippen LogP contribution in [-0.4, -0.2) is 54.4 Å². The smallest absolute Gasteiger partial charge is 0.0974 e. The minimum atomic E-state index is -0.0867. The molecule has 2 spiro atoms. The van der Waals surface area contributed by atoms with Crippen molar-refractivity contribution >= 4 is 10.8 Å². The molecular weight excluding hydrogens is 444 g/mol. The summed E-state index contributed by atoms with van der Waals surface area (Å²) in [5.74, 6) is 1.16. The van der Waals surface area contributed by atoms with Gasteiger partial charge in [-0.05, 0) is 110 Å². The summed E-state index contributed by atoms with van der Waals surface area (Å²) in [5, 5.41) is 2.55. The van der Waals surface area contributed by atoms with Gasteiger partial charge in [0.05, 0.1) is 17.8 Å². The third-order valence-electron chi connectivity index (χ3n) is 11.0. The molecule has 3 aliphatic carbocycles. The first-order chi connectivity index (χ1) is 17.5. The van der Waals surface area contributed by atoms with E-state index in [4.69, 9.17) is 9.47 Å². The molecule has 2 saturated carbocycles. The van der Waals surface area contributed by atoms with Crippen molar-refractivity contribution in [1.29, 1.82) is 0 Å². The first-order valence-electron chi connectivity index (χ1n) is 14.1. The minimum absolute atomic E-state index is 0.0491. The average Bonchev–Trinajstić information content (AvgIpc) is 3.41. The maximum absolute atomic E-state index is 7.49. The van der Waals surface area contributed by atoms with Gasteiger partial charge in [-0.25, -0.2) is 0 Å². The van der Waals surface area contributed by atoms with Gasteiger partial charge >= 0.3 is 0 Å². The van der Waals surface area contributed by atoms with Crippen molar-refractivity contribution in [2.75, 3.05) is 27.3 Å². The van der Waals surface area contributed by atoms with Gasteiger partial charge in [-0.2, -0.15) is 0 Å². The number of ether oxygens (including phenoxy) is 2. The van der Waals surface area contributed by atoms with Crippen LogP contribution in [0.3, 0.4) is 0 Å². The maximum Gasteiger partial charge on any atom is 0.0974 e. The number of benzene rings is 1. The van der Waals surface area contributed by atoms with Gasteiger partial charge in [-0.3, -0.25) is 4.98 Å². The molecule has 2 bridgehead atoms. The molecule has 1 unspecified atom stereocenters. The minimum Gasteiger partial charge on any atom is -0.383 e.